The van der Waals surface area contributed by atoms with Gasteiger partial charge < -0.3 is 4.74 Å². The predicted octanol–water partition coefficient (Wildman–Crippen LogP) is 2.61. The summed E-state index contributed by atoms with van der Waals surface area (Å²) in [5.41, 5.74) is 0.758. The van der Waals surface area contributed by atoms with Crippen molar-refractivity contribution in [1.29, 1.82) is 0 Å². The Bertz CT molecular complexity index is 407. The number of aryl methyl sites for hydroxylation is 2. The lowest BCUT2D eigenvalue weighted by Gasteiger charge is -2.08. The molecular formula is C12H17NO2S. The number of nitrogens with zero attached hydrogens (tertiary/aromatic N) is 1. The van der Waals surface area contributed by atoms with Gasteiger partial charge in [-0.25, -0.2) is 4.98 Å². The van der Waals surface area contributed by atoms with Crippen molar-refractivity contribution in [3.63, 3.8) is 0 Å². The van der Waals surface area contributed by atoms with E-state index < -0.39 is 5.41 Å². The van der Waals surface area contributed by atoms with E-state index in [2.05, 4.69) is 18.8 Å². The Balaban J connectivity index is 2.28. The second-order valence-corrected chi connectivity index (χ2v) is 5.55. The van der Waals surface area contributed by atoms with Gasteiger partial charge in [-0.3, -0.25) is 4.79 Å². The molecule has 2 rings (SSSR count). The first-order valence-corrected chi connectivity index (χ1v) is 6.51. The summed E-state index contributed by atoms with van der Waals surface area (Å²) in [6.45, 7) is 4.23. The molecule has 1 saturated carbocycles. The molecule has 0 unspecified atom stereocenters. The lowest BCUT2D eigenvalue weighted by molar-refractivity contribution is -0.143. The topological polar surface area (TPSA) is 39.2 Å². The van der Waals surface area contributed by atoms with Gasteiger partial charge in [0.05, 0.1) is 12.8 Å². The van der Waals surface area contributed by atoms with Crippen LogP contribution in [0.2, 0.25) is 0 Å². The number of aromatic nitrogens is 1. The Labute approximate surface area is 99.8 Å². The van der Waals surface area contributed by atoms with Crippen molar-refractivity contribution >= 4 is 17.3 Å². The Morgan fingerprint density at radius 3 is 2.75 bits per heavy atom. The van der Waals surface area contributed by atoms with E-state index in [1.54, 1.807) is 11.3 Å². The second-order valence-electron chi connectivity index (χ2n) is 4.35. The molecule has 1 aromatic rings. The first kappa shape index (κ1) is 11.6. The van der Waals surface area contributed by atoms with Crippen molar-refractivity contribution in [2.75, 3.05) is 7.11 Å². The van der Waals surface area contributed by atoms with Crippen LogP contribution in [0.3, 0.4) is 0 Å². The third-order valence-electron chi connectivity index (χ3n) is 3.11. The summed E-state index contributed by atoms with van der Waals surface area (Å²) in [4.78, 5) is 17.6. The molecule has 88 valence electrons. The molecule has 0 bridgehead atoms. The molecule has 3 nitrogen and oxygen atoms in total. The van der Waals surface area contributed by atoms with Crippen LogP contribution >= 0.6 is 11.3 Å². The molecule has 0 saturated heterocycles. The average molecular weight is 239 g/mol. The van der Waals surface area contributed by atoms with Gasteiger partial charge in [0, 0.05) is 4.88 Å². The summed E-state index contributed by atoms with van der Waals surface area (Å²) in [5, 5.41) is 0.959. The van der Waals surface area contributed by atoms with Crippen molar-refractivity contribution < 1.29 is 9.53 Å². The number of methoxy groups -OCH3 is 1. The molecule has 0 amide bonds. The first-order chi connectivity index (χ1) is 7.64. The van der Waals surface area contributed by atoms with Crippen molar-refractivity contribution in [3.05, 3.63) is 15.6 Å². The zero-order valence-corrected chi connectivity index (χ0v) is 10.8. The van der Waals surface area contributed by atoms with Crippen LogP contribution in [0.25, 0.3) is 0 Å². The summed E-state index contributed by atoms with van der Waals surface area (Å²) in [5.74, 6) is -0.121. The summed E-state index contributed by atoms with van der Waals surface area (Å²) in [6.07, 6.45) is 3.87. The fraction of sp³-hybridized carbons (Fsp3) is 0.667. The number of esters is 1. The molecule has 0 radical (unpaired) electrons. The van der Waals surface area contributed by atoms with Gasteiger partial charge in [-0.15, -0.1) is 11.3 Å². The van der Waals surface area contributed by atoms with Crippen LogP contribution in [0, 0.1) is 6.92 Å². The van der Waals surface area contributed by atoms with Crippen LogP contribution in [0.15, 0.2) is 0 Å². The maximum Gasteiger partial charge on any atom is 0.318 e. The second kappa shape index (κ2) is 4.17. The zero-order valence-electron chi connectivity index (χ0n) is 10.0. The number of hydrogen-bond donors (Lipinski definition) is 0. The highest BCUT2D eigenvalue weighted by atomic mass is 32.1. The number of hydrogen-bond acceptors (Lipinski definition) is 4. The Hall–Kier alpha value is -0.900. The molecule has 0 spiro atoms. The monoisotopic (exact) mass is 239 g/mol. The maximum absolute atomic E-state index is 11.7. The molecular weight excluding hydrogens is 222 g/mol. The van der Waals surface area contributed by atoms with Gasteiger partial charge in [-0.2, -0.15) is 0 Å². The number of thiazole rings is 1. The summed E-state index contributed by atoms with van der Waals surface area (Å²) >= 11 is 1.66. The van der Waals surface area contributed by atoms with E-state index in [9.17, 15) is 4.79 Å². The van der Waals surface area contributed by atoms with Crippen LogP contribution in [-0.4, -0.2) is 18.1 Å². The van der Waals surface area contributed by atoms with Crippen molar-refractivity contribution in [3.8, 4) is 0 Å². The predicted molar refractivity (Wildman–Crippen MR) is 63.8 cm³/mol. The van der Waals surface area contributed by atoms with Gasteiger partial charge in [-0.1, -0.05) is 13.3 Å². The van der Waals surface area contributed by atoms with E-state index >= 15 is 0 Å². The molecule has 16 heavy (non-hydrogen) atoms. The third-order valence-corrected chi connectivity index (χ3v) is 4.33. The summed E-state index contributed by atoms with van der Waals surface area (Å²) < 4.78 is 4.87. The molecule has 0 N–H and O–H groups in total. The molecule has 1 aliphatic rings. The largest absolute Gasteiger partial charge is 0.468 e. The molecule has 0 aromatic carbocycles. The fourth-order valence-electron chi connectivity index (χ4n) is 1.93. The first-order valence-electron chi connectivity index (χ1n) is 5.69. The lowest BCUT2D eigenvalue weighted by Crippen LogP contribution is -2.21. The minimum absolute atomic E-state index is 0.121. The minimum atomic E-state index is -0.393. The molecule has 0 atom stereocenters. The third kappa shape index (κ3) is 1.75. The average Bonchev–Trinajstić information content (AvgIpc) is 3.00. The Kier molecular flexibility index (Phi) is 3.02. The van der Waals surface area contributed by atoms with E-state index in [1.165, 1.54) is 12.0 Å². The van der Waals surface area contributed by atoms with E-state index in [0.29, 0.717) is 0 Å². The van der Waals surface area contributed by atoms with E-state index in [1.807, 2.05) is 0 Å². The standard InChI is InChI=1S/C12H17NO2S/c1-4-5-9-8(2)16-10(13-9)12(6-7-12)11(14)15-3/h4-7H2,1-3H3. The van der Waals surface area contributed by atoms with Crippen LogP contribution in [0.1, 0.15) is 41.8 Å². The smallest absolute Gasteiger partial charge is 0.318 e. The number of ether oxygens (including phenoxy) is 1. The van der Waals surface area contributed by atoms with Crippen molar-refractivity contribution in [2.45, 2.75) is 44.9 Å². The maximum atomic E-state index is 11.7. The SMILES string of the molecule is CCCc1nc(C2(C(=O)OC)CC2)sc1C. The zero-order chi connectivity index (χ0) is 11.8. The quantitative estimate of drug-likeness (QED) is 0.758. The van der Waals surface area contributed by atoms with Crippen molar-refractivity contribution in [2.24, 2.45) is 0 Å². The molecule has 4 heteroatoms. The molecule has 1 aliphatic carbocycles. The van der Waals surface area contributed by atoms with E-state index in [0.717, 1.165) is 36.4 Å². The Morgan fingerprint density at radius 2 is 2.25 bits per heavy atom. The number of carbonyl (C=O) groups is 1. The molecule has 1 heterocycles. The van der Waals surface area contributed by atoms with E-state index in [-0.39, 0.29) is 5.97 Å². The van der Waals surface area contributed by atoms with Crippen molar-refractivity contribution in [1.82, 2.24) is 4.98 Å². The highest BCUT2D eigenvalue weighted by Crippen LogP contribution is 2.50. The van der Waals surface area contributed by atoms with Crippen LogP contribution in [0.5, 0.6) is 0 Å². The molecule has 0 aliphatic heterocycles. The van der Waals surface area contributed by atoms with Gasteiger partial charge >= 0.3 is 5.97 Å². The highest BCUT2D eigenvalue weighted by molar-refractivity contribution is 7.12. The minimum Gasteiger partial charge on any atom is -0.468 e. The number of rotatable bonds is 4. The lowest BCUT2D eigenvalue weighted by atomic mass is 10.1. The number of carbonyl (C=O) groups excluding carboxylic acids is 1. The van der Waals surface area contributed by atoms with Crippen LogP contribution in [0.4, 0.5) is 0 Å². The fourth-order valence-corrected chi connectivity index (χ4v) is 3.12. The van der Waals surface area contributed by atoms with Crippen LogP contribution in [-0.2, 0) is 21.4 Å². The molecule has 1 aromatic heterocycles. The summed E-state index contributed by atoms with van der Waals surface area (Å²) in [7, 11) is 1.45. The van der Waals surface area contributed by atoms with E-state index in [4.69, 9.17) is 4.74 Å². The van der Waals surface area contributed by atoms with Gasteiger partial charge in [0.25, 0.3) is 0 Å². The van der Waals surface area contributed by atoms with Crippen LogP contribution < -0.4 is 0 Å². The highest BCUT2D eigenvalue weighted by Gasteiger charge is 2.55. The summed E-state index contributed by atoms with van der Waals surface area (Å²) in [6, 6.07) is 0. The van der Waals surface area contributed by atoms with Gasteiger partial charge in [0.2, 0.25) is 0 Å². The molecule has 1 fully saturated rings. The normalized spacial score (nSPS) is 17.2. The van der Waals surface area contributed by atoms with Gasteiger partial charge in [0.1, 0.15) is 10.4 Å². The van der Waals surface area contributed by atoms with Gasteiger partial charge in [0.15, 0.2) is 0 Å². The van der Waals surface area contributed by atoms with Gasteiger partial charge in [-0.05, 0) is 26.2 Å². The Morgan fingerprint density at radius 1 is 1.56 bits per heavy atom.